The van der Waals surface area contributed by atoms with Crippen molar-refractivity contribution in [1.82, 2.24) is 14.9 Å². The Bertz CT molecular complexity index is 1090. The lowest BCUT2D eigenvalue weighted by Gasteiger charge is -2.26. The van der Waals surface area contributed by atoms with Crippen LogP contribution >= 0.6 is 0 Å². The summed E-state index contributed by atoms with van der Waals surface area (Å²) in [5, 5.41) is 2.70. The quantitative estimate of drug-likeness (QED) is 0.579. The Kier molecular flexibility index (Phi) is 6.46. The molecule has 0 radical (unpaired) electrons. The Labute approximate surface area is 194 Å². The highest BCUT2D eigenvalue weighted by atomic mass is 19.4. The molecule has 11 heteroatoms. The third-order valence-corrected chi connectivity index (χ3v) is 6.37. The predicted molar refractivity (Wildman–Crippen MR) is 117 cm³/mol. The van der Waals surface area contributed by atoms with Crippen molar-refractivity contribution in [2.45, 2.75) is 51.2 Å². The SMILES string of the molecule is CC[C@H](C)[C@H]1CN(c2ncc(C(F)(F)F)cc2F)C(=O)N1CC(=O)Nc1cc(C2CC2)ccn1. The van der Waals surface area contributed by atoms with E-state index in [-0.39, 0.29) is 19.0 Å². The number of rotatable bonds is 7. The molecule has 0 aromatic carbocycles. The third-order valence-electron chi connectivity index (χ3n) is 6.37. The first-order valence-corrected chi connectivity index (χ1v) is 11.1. The zero-order chi connectivity index (χ0) is 24.6. The Balaban J connectivity index is 1.52. The van der Waals surface area contributed by atoms with Gasteiger partial charge in [0.1, 0.15) is 12.4 Å². The summed E-state index contributed by atoms with van der Waals surface area (Å²) >= 11 is 0. The van der Waals surface area contributed by atoms with E-state index in [2.05, 4.69) is 15.3 Å². The number of aromatic nitrogens is 2. The first kappa shape index (κ1) is 23.9. The number of carbonyl (C=O) groups excluding carboxylic acids is 2. The average Bonchev–Trinajstić information content (AvgIpc) is 3.59. The van der Waals surface area contributed by atoms with Gasteiger partial charge >= 0.3 is 12.2 Å². The number of hydrogen-bond donors (Lipinski definition) is 1. The maximum atomic E-state index is 14.5. The van der Waals surface area contributed by atoms with Crippen LogP contribution in [-0.2, 0) is 11.0 Å². The molecule has 34 heavy (non-hydrogen) atoms. The molecular weight excluding hydrogens is 454 g/mol. The molecule has 2 aromatic rings. The lowest BCUT2D eigenvalue weighted by molar-refractivity contribution is -0.138. The Morgan fingerprint density at radius 3 is 2.62 bits per heavy atom. The molecule has 2 atom stereocenters. The number of amides is 3. The molecular formula is C23H25F4N5O2. The largest absolute Gasteiger partial charge is 0.417 e. The number of anilines is 2. The van der Waals surface area contributed by atoms with Crippen molar-refractivity contribution in [1.29, 1.82) is 0 Å². The minimum absolute atomic E-state index is 0.00577. The monoisotopic (exact) mass is 479 g/mol. The molecule has 1 saturated carbocycles. The fourth-order valence-corrected chi connectivity index (χ4v) is 4.09. The van der Waals surface area contributed by atoms with Gasteiger partial charge in [0.15, 0.2) is 11.6 Å². The summed E-state index contributed by atoms with van der Waals surface area (Å²) in [5.74, 6) is -1.39. The van der Waals surface area contributed by atoms with Gasteiger partial charge in [0.2, 0.25) is 5.91 Å². The van der Waals surface area contributed by atoms with Gasteiger partial charge in [-0.3, -0.25) is 9.69 Å². The first-order valence-electron chi connectivity index (χ1n) is 11.1. The molecule has 182 valence electrons. The van der Waals surface area contributed by atoms with Crippen LogP contribution in [0.3, 0.4) is 0 Å². The number of pyridine rings is 2. The second-order valence-corrected chi connectivity index (χ2v) is 8.80. The highest BCUT2D eigenvalue weighted by molar-refractivity contribution is 5.99. The molecule has 1 saturated heterocycles. The fourth-order valence-electron chi connectivity index (χ4n) is 4.09. The van der Waals surface area contributed by atoms with E-state index in [0.29, 0.717) is 30.4 Å². The maximum absolute atomic E-state index is 14.5. The lowest BCUT2D eigenvalue weighted by Crippen LogP contribution is -2.43. The maximum Gasteiger partial charge on any atom is 0.417 e. The molecule has 2 fully saturated rings. The number of alkyl halides is 3. The van der Waals surface area contributed by atoms with Gasteiger partial charge in [-0.2, -0.15) is 13.2 Å². The lowest BCUT2D eigenvalue weighted by atomic mass is 9.98. The summed E-state index contributed by atoms with van der Waals surface area (Å²) in [6.07, 6.45) is 0.236. The van der Waals surface area contributed by atoms with Gasteiger partial charge in [-0.15, -0.1) is 0 Å². The summed E-state index contributed by atoms with van der Waals surface area (Å²) in [6.45, 7) is 3.51. The second kappa shape index (κ2) is 9.19. The van der Waals surface area contributed by atoms with E-state index in [4.69, 9.17) is 0 Å². The van der Waals surface area contributed by atoms with Crippen LogP contribution in [0, 0.1) is 11.7 Å². The van der Waals surface area contributed by atoms with Gasteiger partial charge in [-0.1, -0.05) is 20.3 Å². The van der Waals surface area contributed by atoms with Crippen molar-refractivity contribution in [3.63, 3.8) is 0 Å². The zero-order valence-electron chi connectivity index (χ0n) is 18.8. The molecule has 3 heterocycles. The van der Waals surface area contributed by atoms with Crippen molar-refractivity contribution >= 4 is 23.6 Å². The van der Waals surface area contributed by atoms with E-state index in [1.165, 1.54) is 4.90 Å². The molecule has 2 aliphatic rings. The summed E-state index contributed by atoms with van der Waals surface area (Å²) in [4.78, 5) is 35.9. The number of halogens is 4. The summed E-state index contributed by atoms with van der Waals surface area (Å²) in [5.41, 5.74) is -0.147. The van der Waals surface area contributed by atoms with E-state index < -0.39 is 41.4 Å². The van der Waals surface area contributed by atoms with Crippen LogP contribution in [0.25, 0.3) is 0 Å². The molecule has 0 unspecified atom stereocenters. The van der Waals surface area contributed by atoms with Crippen molar-refractivity contribution in [2.24, 2.45) is 5.92 Å². The Hall–Kier alpha value is -3.24. The van der Waals surface area contributed by atoms with Gasteiger partial charge in [0, 0.05) is 12.4 Å². The van der Waals surface area contributed by atoms with E-state index in [1.807, 2.05) is 19.9 Å². The van der Waals surface area contributed by atoms with Crippen LogP contribution in [0.5, 0.6) is 0 Å². The first-order chi connectivity index (χ1) is 16.1. The number of urea groups is 1. The topological polar surface area (TPSA) is 78.4 Å². The van der Waals surface area contributed by atoms with Gasteiger partial charge < -0.3 is 10.2 Å². The molecule has 1 aliphatic carbocycles. The number of carbonyl (C=O) groups is 2. The molecule has 1 N–H and O–H groups in total. The molecule has 2 aromatic heterocycles. The molecule has 0 bridgehead atoms. The van der Waals surface area contributed by atoms with E-state index in [1.54, 1.807) is 12.3 Å². The van der Waals surface area contributed by atoms with E-state index in [0.717, 1.165) is 23.3 Å². The average molecular weight is 479 g/mol. The highest BCUT2D eigenvalue weighted by Gasteiger charge is 2.43. The van der Waals surface area contributed by atoms with Crippen LogP contribution in [0.15, 0.2) is 30.6 Å². The zero-order valence-corrected chi connectivity index (χ0v) is 18.8. The van der Waals surface area contributed by atoms with Crippen LogP contribution in [0.1, 0.15) is 50.2 Å². The van der Waals surface area contributed by atoms with Crippen LogP contribution in [0.2, 0.25) is 0 Å². The number of nitrogens with zero attached hydrogens (tertiary/aromatic N) is 4. The van der Waals surface area contributed by atoms with Crippen molar-refractivity contribution in [3.8, 4) is 0 Å². The van der Waals surface area contributed by atoms with Gasteiger partial charge in [0.25, 0.3) is 0 Å². The van der Waals surface area contributed by atoms with Gasteiger partial charge in [-0.25, -0.2) is 19.2 Å². The summed E-state index contributed by atoms with van der Waals surface area (Å²) in [7, 11) is 0. The van der Waals surface area contributed by atoms with Gasteiger partial charge in [0.05, 0.1) is 18.2 Å². The smallest absolute Gasteiger partial charge is 0.310 e. The normalized spacial score (nSPS) is 19.5. The molecule has 4 rings (SSSR count). The highest BCUT2D eigenvalue weighted by Crippen LogP contribution is 2.40. The fraction of sp³-hybridized carbons (Fsp3) is 0.478. The van der Waals surface area contributed by atoms with E-state index >= 15 is 0 Å². The Morgan fingerprint density at radius 1 is 1.26 bits per heavy atom. The minimum atomic E-state index is -4.75. The van der Waals surface area contributed by atoms with Crippen LogP contribution in [0.4, 0.5) is 34.0 Å². The van der Waals surface area contributed by atoms with Crippen LogP contribution < -0.4 is 10.2 Å². The molecule has 3 amide bonds. The third kappa shape index (κ3) is 4.97. The Morgan fingerprint density at radius 2 is 2.00 bits per heavy atom. The van der Waals surface area contributed by atoms with E-state index in [9.17, 15) is 27.2 Å². The minimum Gasteiger partial charge on any atom is -0.310 e. The number of hydrogen-bond acceptors (Lipinski definition) is 4. The van der Waals surface area contributed by atoms with Gasteiger partial charge in [-0.05, 0) is 48.4 Å². The molecule has 1 aliphatic heterocycles. The van der Waals surface area contributed by atoms with Crippen LogP contribution in [-0.4, -0.2) is 45.9 Å². The summed E-state index contributed by atoms with van der Waals surface area (Å²) < 4.78 is 53.2. The number of nitrogens with one attached hydrogen (secondary N) is 1. The molecule has 0 spiro atoms. The second-order valence-electron chi connectivity index (χ2n) is 8.80. The standard InChI is InChI=1S/C23H25F4N5O2/c1-3-13(2)18-11-32(21-17(24)9-16(10-29-21)23(25,26)27)22(34)31(18)12-20(33)30-19-8-15(6-7-28-19)14-4-5-14/h6-10,13-14,18H,3-5,11-12H2,1-2H3,(H,28,30,33)/t13-,18+/m0/s1. The predicted octanol–water partition coefficient (Wildman–Crippen LogP) is 4.81. The van der Waals surface area contributed by atoms with Crippen molar-refractivity contribution in [2.75, 3.05) is 23.3 Å². The van der Waals surface area contributed by atoms with Crippen molar-refractivity contribution < 1.29 is 27.2 Å². The molecule has 7 nitrogen and oxygen atoms in total. The summed E-state index contributed by atoms with van der Waals surface area (Å²) in [6, 6.07) is 2.90. The van der Waals surface area contributed by atoms with Crippen molar-refractivity contribution in [3.05, 3.63) is 47.5 Å².